The molecule has 1 amide bonds. The third-order valence-corrected chi connectivity index (χ3v) is 6.13. The van der Waals surface area contributed by atoms with E-state index in [-0.39, 0.29) is 17.8 Å². The predicted octanol–water partition coefficient (Wildman–Crippen LogP) is 5.78. The molecule has 0 bridgehead atoms. The molecule has 0 aliphatic carbocycles. The Morgan fingerprint density at radius 1 is 1.17 bits per heavy atom. The molecule has 0 aliphatic heterocycles. The monoisotopic (exact) mass is 464 g/mol. The molecule has 0 saturated carbocycles. The lowest BCUT2D eigenvalue weighted by Crippen LogP contribution is -2.16. The fraction of sp³-hybridized carbons (Fsp3) is 0.286. The first-order valence-electron chi connectivity index (χ1n) is 9.42. The van der Waals surface area contributed by atoms with Crippen molar-refractivity contribution in [3.63, 3.8) is 0 Å². The smallest absolute Gasteiger partial charge is 0.234 e. The Hall–Kier alpha value is -2.22. The van der Waals surface area contributed by atoms with Gasteiger partial charge in [0.2, 0.25) is 5.91 Å². The second kappa shape index (κ2) is 10.2. The van der Waals surface area contributed by atoms with E-state index in [1.807, 2.05) is 49.6 Å². The molecule has 3 rings (SSSR count). The number of benzene rings is 2. The van der Waals surface area contributed by atoms with Crippen LogP contribution in [0.5, 0.6) is 5.75 Å². The predicted molar refractivity (Wildman–Crippen MR) is 122 cm³/mol. The fourth-order valence-electron chi connectivity index (χ4n) is 2.85. The minimum absolute atomic E-state index is 0.141. The molecule has 0 unspecified atom stereocenters. The Kier molecular flexibility index (Phi) is 7.64. The molecular formula is C21H22Cl2N4O2S. The SMILES string of the molecule is CCn1c(SCC(=O)Nc2cccc(Cl)c2C)nnc1[C@H](C)Oc1ccccc1Cl. The van der Waals surface area contributed by atoms with Gasteiger partial charge in [-0.15, -0.1) is 10.2 Å². The number of hydrogen-bond acceptors (Lipinski definition) is 5. The van der Waals surface area contributed by atoms with Crippen molar-refractivity contribution in [1.29, 1.82) is 0 Å². The Labute approximate surface area is 189 Å². The van der Waals surface area contributed by atoms with Crippen molar-refractivity contribution >= 4 is 46.6 Å². The molecule has 0 fully saturated rings. The number of para-hydroxylation sites is 1. The number of carbonyl (C=O) groups excluding carboxylic acids is 1. The Balaban J connectivity index is 1.66. The van der Waals surface area contributed by atoms with E-state index in [4.69, 9.17) is 27.9 Å². The molecule has 2 aromatic carbocycles. The average molecular weight is 465 g/mol. The van der Waals surface area contributed by atoms with Gasteiger partial charge < -0.3 is 14.6 Å². The van der Waals surface area contributed by atoms with Gasteiger partial charge in [-0.25, -0.2) is 0 Å². The Morgan fingerprint density at radius 3 is 2.63 bits per heavy atom. The lowest BCUT2D eigenvalue weighted by atomic mass is 10.2. The molecule has 3 aromatic rings. The number of hydrogen-bond donors (Lipinski definition) is 1. The van der Waals surface area contributed by atoms with Crippen molar-refractivity contribution in [2.24, 2.45) is 0 Å². The van der Waals surface area contributed by atoms with Gasteiger partial charge in [0.15, 0.2) is 17.1 Å². The minimum Gasteiger partial charge on any atom is -0.481 e. The zero-order valence-corrected chi connectivity index (χ0v) is 19.2. The summed E-state index contributed by atoms with van der Waals surface area (Å²) in [7, 11) is 0. The van der Waals surface area contributed by atoms with Crippen molar-refractivity contribution in [1.82, 2.24) is 14.8 Å². The van der Waals surface area contributed by atoms with Crippen LogP contribution in [0, 0.1) is 6.92 Å². The van der Waals surface area contributed by atoms with Crippen LogP contribution in [-0.4, -0.2) is 26.4 Å². The Bertz CT molecular complexity index is 1040. The van der Waals surface area contributed by atoms with Gasteiger partial charge in [0.1, 0.15) is 5.75 Å². The van der Waals surface area contributed by atoms with E-state index < -0.39 is 0 Å². The molecule has 0 aliphatic rings. The van der Waals surface area contributed by atoms with Crippen molar-refractivity contribution in [3.05, 3.63) is 63.9 Å². The molecule has 6 nitrogen and oxygen atoms in total. The summed E-state index contributed by atoms with van der Waals surface area (Å²) in [5, 5.41) is 13.2. The van der Waals surface area contributed by atoms with E-state index in [0.29, 0.717) is 39.0 Å². The van der Waals surface area contributed by atoms with Gasteiger partial charge in [0.25, 0.3) is 0 Å². The van der Waals surface area contributed by atoms with Crippen LogP contribution in [0.15, 0.2) is 47.6 Å². The molecule has 1 atom stereocenters. The Morgan fingerprint density at radius 2 is 1.90 bits per heavy atom. The van der Waals surface area contributed by atoms with Crippen LogP contribution in [0.3, 0.4) is 0 Å². The van der Waals surface area contributed by atoms with Crippen LogP contribution in [0.4, 0.5) is 5.69 Å². The average Bonchev–Trinajstić information content (AvgIpc) is 3.14. The van der Waals surface area contributed by atoms with E-state index in [2.05, 4.69) is 15.5 Å². The summed E-state index contributed by atoms with van der Waals surface area (Å²) >= 11 is 13.6. The minimum atomic E-state index is -0.352. The number of rotatable bonds is 8. The van der Waals surface area contributed by atoms with E-state index in [9.17, 15) is 4.79 Å². The third-order valence-electron chi connectivity index (χ3n) is 4.44. The van der Waals surface area contributed by atoms with E-state index in [1.54, 1.807) is 18.2 Å². The van der Waals surface area contributed by atoms with Gasteiger partial charge in [-0.3, -0.25) is 4.79 Å². The number of carbonyl (C=O) groups is 1. The van der Waals surface area contributed by atoms with Crippen LogP contribution in [0.2, 0.25) is 10.0 Å². The summed E-state index contributed by atoms with van der Waals surface area (Å²) in [4.78, 5) is 12.4. The molecule has 0 spiro atoms. The molecule has 1 N–H and O–H groups in total. The maximum atomic E-state index is 12.4. The standard InChI is InChI=1S/C21H22Cl2N4O2S/c1-4-27-20(14(3)29-18-11-6-5-8-16(18)23)25-26-21(27)30-12-19(28)24-17-10-7-9-15(22)13(17)2/h5-11,14H,4,12H2,1-3H3,(H,24,28)/t14-/m0/s1. The number of ether oxygens (including phenoxy) is 1. The second-order valence-electron chi connectivity index (χ2n) is 6.52. The summed E-state index contributed by atoms with van der Waals surface area (Å²) in [5.74, 6) is 1.32. The van der Waals surface area contributed by atoms with Crippen LogP contribution < -0.4 is 10.1 Å². The van der Waals surface area contributed by atoms with Crippen LogP contribution in [0.1, 0.15) is 31.3 Å². The molecule has 9 heteroatoms. The number of amides is 1. The molecular weight excluding hydrogens is 443 g/mol. The van der Waals surface area contributed by atoms with Crippen molar-refractivity contribution < 1.29 is 9.53 Å². The summed E-state index contributed by atoms with van der Waals surface area (Å²) in [6.45, 7) is 6.40. The maximum Gasteiger partial charge on any atom is 0.234 e. The van der Waals surface area contributed by atoms with Crippen molar-refractivity contribution in [3.8, 4) is 5.75 Å². The first-order valence-corrected chi connectivity index (χ1v) is 11.2. The molecule has 0 saturated heterocycles. The third kappa shape index (κ3) is 5.28. The van der Waals surface area contributed by atoms with Crippen LogP contribution in [-0.2, 0) is 11.3 Å². The second-order valence-corrected chi connectivity index (χ2v) is 8.28. The zero-order valence-electron chi connectivity index (χ0n) is 16.9. The van der Waals surface area contributed by atoms with Gasteiger partial charge in [0, 0.05) is 17.3 Å². The summed E-state index contributed by atoms with van der Waals surface area (Å²) in [6.07, 6.45) is -0.352. The maximum absolute atomic E-state index is 12.4. The van der Waals surface area contributed by atoms with E-state index in [1.165, 1.54) is 11.8 Å². The number of nitrogens with zero attached hydrogens (tertiary/aromatic N) is 3. The van der Waals surface area contributed by atoms with Gasteiger partial charge in [-0.1, -0.05) is 53.2 Å². The number of thioether (sulfide) groups is 1. The number of halogens is 2. The normalized spacial score (nSPS) is 11.9. The summed E-state index contributed by atoms with van der Waals surface area (Å²) < 4.78 is 7.89. The van der Waals surface area contributed by atoms with E-state index in [0.717, 1.165) is 5.56 Å². The largest absolute Gasteiger partial charge is 0.481 e. The van der Waals surface area contributed by atoms with Crippen LogP contribution in [0.25, 0.3) is 0 Å². The highest BCUT2D eigenvalue weighted by Crippen LogP contribution is 2.29. The van der Waals surface area contributed by atoms with Gasteiger partial charge >= 0.3 is 0 Å². The highest BCUT2D eigenvalue weighted by atomic mass is 35.5. The highest BCUT2D eigenvalue weighted by Gasteiger charge is 2.20. The lowest BCUT2D eigenvalue weighted by molar-refractivity contribution is -0.113. The highest BCUT2D eigenvalue weighted by molar-refractivity contribution is 7.99. The first-order chi connectivity index (χ1) is 14.4. The lowest BCUT2D eigenvalue weighted by Gasteiger charge is -2.16. The topological polar surface area (TPSA) is 69.0 Å². The zero-order chi connectivity index (χ0) is 21.7. The van der Waals surface area contributed by atoms with Gasteiger partial charge in [-0.05, 0) is 50.6 Å². The molecule has 1 heterocycles. The summed E-state index contributed by atoms with van der Waals surface area (Å²) in [5.41, 5.74) is 1.54. The number of nitrogens with one attached hydrogen (secondary N) is 1. The fourth-order valence-corrected chi connectivity index (χ4v) is 4.01. The van der Waals surface area contributed by atoms with Gasteiger partial charge in [0.05, 0.1) is 10.8 Å². The van der Waals surface area contributed by atoms with Gasteiger partial charge in [-0.2, -0.15) is 0 Å². The van der Waals surface area contributed by atoms with E-state index >= 15 is 0 Å². The molecule has 158 valence electrons. The molecule has 30 heavy (non-hydrogen) atoms. The number of anilines is 1. The van der Waals surface area contributed by atoms with Crippen molar-refractivity contribution in [2.75, 3.05) is 11.1 Å². The van der Waals surface area contributed by atoms with Crippen molar-refractivity contribution in [2.45, 2.75) is 38.6 Å². The summed E-state index contributed by atoms with van der Waals surface area (Å²) in [6, 6.07) is 12.7. The quantitative estimate of drug-likeness (QED) is 0.427. The molecule has 1 aromatic heterocycles. The number of aromatic nitrogens is 3. The van der Waals surface area contributed by atoms with Crippen LogP contribution >= 0.6 is 35.0 Å². The molecule has 0 radical (unpaired) electrons. The first kappa shape index (κ1) is 22.5.